The molecule has 1 aromatic heterocycles. The number of nitrogens with two attached hydrogens (primary N) is 1. The molecule has 0 saturated carbocycles. The second-order valence-electron chi connectivity index (χ2n) is 3.69. The quantitative estimate of drug-likeness (QED) is 0.756. The lowest BCUT2D eigenvalue weighted by Crippen LogP contribution is -2.45. The van der Waals surface area contributed by atoms with E-state index < -0.39 is 0 Å². The highest BCUT2D eigenvalue weighted by Gasteiger charge is 2.18. The van der Waals surface area contributed by atoms with Gasteiger partial charge >= 0.3 is 0 Å². The first kappa shape index (κ1) is 10.4. The van der Waals surface area contributed by atoms with Gasteiger partial charge in [0.05, 0.1) is 6.20 Å². The van der Waals surface area contributed by atoms with Crippen molar-refractivity contribution in [3.8, 4) is 0 Å². The summed E-state index contributed by atoms with van der Waals surface area (Å²) in [5.41, 5.74) is 5.54. The molecule has 0 bridgehead atoms. The minimum Gasteiger partial charge on any atom is -0.368 e. The molecule has 2 rings (SSSR count). The van der Waals surface area contributed by atoms with Crippen molar-refractivity contribution >= 4 is 23.4 Å². The van der Waals surface area contributed by atoms with Crippen molar-refractivity contribution in [3.05, 3.63) is 11.2 Å². The molecule has 0 radical (unpaired) electrons. The Morgan fingerprint density at radius 3 is 2.67 bits per heavy atom. The van der Waals surface area contributed by atoms with Gasteiger partial charge in [-0.3, -0.25) is 0 Å². The van der Waals surface area contributed by atoms with Gasteiger partial charge in [0.2, 0.25) is 5.95 Å². The van der Waals surface area contributed by atoms with Crippen LogP contribution in [-0.4, -0.2) is 48.1 Å². The molecule has 0 unspecified atom stereocenters. The number of aromatic nitrogens is 2. The second kappa shape index (κ2) is 4.20. The Morgan fingerprint density at radius 1 is 1.33 bits per heavy atom. The number of rotatable bonds is 1. The van der Waals surface area contributed by atoms with Crippen molar-refractivity contribution in [1.82, 2.24) is 14.9 Å². The molecule has 1 aromatic rings. The van der Waals surface area contributed by atoms with Gasteiger partial charge in [-0.05, 0) is 7.05 Å². The van der Waals surface area contributed by atoms with Crippen LogP contribution in [0.3, 0.4) is 0 Å². The Morgan fingerprint density at radius 2 is 2.00 bits per heavy atom. The smallest absolute Gasteiger partial charge is 0.222 e. The van der Waals surface area contributed by atoms with Crippen LogP contribution in [0.25, 0.3) is 0 Å². The number of nitrogen functional groups attached to an aromatic ring is 1. The lowest BCUT2D eigenvalue weighted by Gasteiger charge is -2.33. The average molecular weight is 228 g/mol. The summed E-state index contributed by atoms with van der Waals surface area (Å²) < 4.78 is 0. The normalized spacial score (nSPS) is 18.1. The second-order valence-corrected chi connectivity index (χ2v) is 4.10. The third-order valence-corrected chi connectivity index (χ3v) is 2.81. The Kier molecular flexibility index (Phi) is 2.93. The molecule has 0 aliphatic carbocycles. The van der Waals surface area contributed by atoms with Crippen molar-refractivity contribution in [3.63, 3.8) is 0 Å². The van der Waals surface area contributed by atoms with E-state index in [1.807, 2.05) is 0 Å². The van der Waals surface area contributed by atoms with E-state index in [1.54, 1.807) is 6.20 Å². The van der Waals surface area contributed by atoms with Crippen LogP contribution >= 0.6 is 11.6 Å². The summed E-state index contributed by atoms with van der Waals surface area (Å²) in [6.45, 7) is 3.87. The molecular formula is C9H14ClN5. The number of hydrogen-bond acceptors (Lipinski definition) is 5. The van der Waals surface area contributed by atoms with Crippen molar-refractivity contribution in [2.75, 3.05) is 43.9 Å². The average Bonchev–Trinajstić information content (AvgIpc) is 2.23. The first-order valence-corrected chi connectivity index (χ1v) is 5.26. The van der Waals surface area contributed by atoms with E-state index in [4.69, 9.17) is 17.3 Å². The van der Waals surface area contributed by atoms with Crippen molar-refractivity contribution in [2.45, 2.75) is 0 Å². The lowest BCUT2D eigenvalue weighted by atomic mass is 10.3. The first-order valence-electron chi connectivity index (χ1n) is 4.88. The molecule has 2 N–H and O–H groups in total. The first-order chi connectivity index (χ1) is 7.16. The summed E-state index contributed by atoms with van der Waals surface area (Å²) >= 11 is 6.03. The van der Waals surface area contributed by atoms with Crippen LogP contribution in [0, 0.1) is 0 Å². The van der Waals surface area contributed by atoms with Crippen LogP contribution in [-0.2, 0) is 0 Å². The number of likely N-dealkylation sites (N-methyl/N-ethyl adjacent to an activating group) is 1. The highest BCUT2D eigenvalue weighted by atomic mass is 35.5. The number of hydrogen-bond donors (Lipinski definition) is 1. The molecule has 0 amide bonds. The van der Waals surface area contributed by atoms with Crippen molar-refractivity contribution < 1.29 is 0 Å². The zero-order chi connectivity index (χ0) is 10.8. The Bertz CT molecular complexity index is 348. The van der Waals surface area contributed by atoms with Crippen molar-refractivity contribution in [1.29, 1.82) is 0 Å². The molecule has 1 fully saturated rings. The lowest BCUT2D eigenvalue weighted by molar-refractivity contribution is 0.312. The fraction of sp³-hybridized carbons (Fsp3) is 0.556. The van der Waals surface area contributed by atoms with Gasteiger partial charge in [-0.15, -0.1) is 0 Å². The van der Waals surface area contributed by atoms with Crippen LogP contribution in [0.2, 0.25) is 5.02 Å². The van der Waals surface area contributed by atoms with Gasteiger partial charge in [-0.25, -0.2) is 4.98 Å². The minimum absolute atomic E-state index is 0.272. The monoisotopic (exact) mass is 227 g/mol. The van der Waals surface area contributed by atoms with Gasteiger partial charge in [0.1, 0.15) is 5.02 Å². The summed E-state index contributed by atoms with van der Waals surface area (Å²) in [6, 6.07) is 0. The molecule has 1 aliphatic heterocycles. The maximum atomic E-state index is 6.03. The Labute approximate surface area is 93.9 Å². The van der Waals surface area contributed by atoms with E-state index >= 15 is 0 Å². The number of nitrogens with zero attached hydrogens (tertiary/aromatic N) is 4. The molecule has 1 aliphatic rings. The van der Waals surface area contributed by atoms with Crippen LogP contribution < -0.4 is 10.6 Å². The minimum atomic E-state index is 0.272. The zero-order valence-corrected chi connectivity index (χ0v) is 9.41. The summed E-state index contributed by atoms with van der Waals surface area (Å²) in [5.74, 6) is 1.02. The van der Waals surface area contributed by atoms with Gasteiger partial charge in [0.25, 0.3) is 0 Å². The van der Waals surface area contributed by atoms with Crippen LogP contribution in [0.1, 0.15) is 0 Å². The SMILES string of the molecule is CN1CCN(c2nc(N)ncc2Cl)CC1. The molecule has 0 spiro atoms. The van der Waals surface area contributed by atoms with E-state index in [0.29, 0.717) is 5.02 Å². The molecule has 82 valence electrons. The fourth-order valence-corrected chi connectivity index (χ4v) is 1.82. The third kappa shape index (κ3) is 2.30. The van der Waals surface area contributed by atoms with Gasteiger partial charge in [0, 0.05) is 26.2 Å². The molecule has 0 atom stereocenters. The predicted octanol–water partition coefficient (Wildman–Crippen LogP) is 0.464. The molecule has 1 saturated heterocycles. The summed E-state index contributed by atoms with van der Waals surface area (Å²) in [4.78, 5) is 12.4. The standard InChI is InChI=1S/C9H14ClN5/c1-14-2-4-15(5-3-14)8-7(10)6-12-9(11)13-8/h6H,2-5H2,1H3,(H2,11,12,13). The van der Waals surface area contributed by atoms with E-state index in [9.17, 15) is 0 Å². The van der Waals surface area contributed by atoms with Crippen LogP contribution in [0.4, 0.5) is 11.8 Å². The molecule has 5 nitrogen and oxygen atoms in total. The summed E-state index contributed by atoms with van der Waals surface area (Å²) in [5, 5.41) is 0.564. The van der Waals surface area contributed by atoms with Gasteiger partial charge in [-0.2, -0.15) is 4.98 Å². The predicted molar refractivity (Wildman–Crippen MR) is 61.2 cm³/mol. The topological polar surface area (TPSA) is 58.3 Å². The zero-order valence-electron chi connectivity index (χ0n) is 8.65. The van der Waals surface area contributed by atoms with E-state index in [1.165, 1.54) is 0 Å². The highest BCUT2D eigenvalue weighted by Crippen LogP contribution is 2.23. The molecule has 6 heteroatoms. The summed E-state index contributed by atoms with van der Waals surface area (Å²) in [7, 11) is 2.10. The molecular weight excluding hydrogens is 214 g/mol. The third-order valence-electron chi connectivity index (χ3n) is 2.55. The Balaban J connectivity index is 2.18. The van der Waals surface area contributed by atoms with Gasteiger partial charge < -0.3 is 15.5 Å². The summed E-state index contributed by atoms with van der Waals surface area (Å²) in [6.07, 6.45) is 1.55. The number of halogens is 1. The maximum absolute atomic E-state index is 6.03. The maximum Gasteiger partial charge on any atom is 0.222 e. The number of anilines is 2. The molecule has 2 heterocycles. The van der Waals surface area contributed by atoms with E-state index in [0.717, 1.165) is 32.0 Å². The number of piperazine rings is 1. The highest BCUT2D eigenvalue weighted by molar-refractivity contribution is 6.32. The fourth-order valence-electron chi connectivity index (χ4n) is 1.61. The van der Waals surface area contributed by atoms with Gasteiger partial charge in [0.15, 0.2) is 5.82 Å². The largest absolute Gasteiger partial charge is 0.368 e. The van der Waals surface area contributed by atoms with E-state index in [-0.39, 0.29) is 5.95 Å². The Hall–Kier alpha value is -1.07. The van der Waals surface area contributed by atoms with Crippen LogP contribution in [0.5, 0.6) is 0 Å². The molecule has 15 heavy (non-hydrogen) atoms. The van der Waals surface area contributed by atoms with Crippen LogP contribution in [0.15, 0.2) is 6.20 Å². The molecule has 0 aromatic carbocycles. The van der Waals surface area contributed by atoms with E-state index in [2.05, 4.69) is 26.8 Å². The van der Waals surface area contributed by atoms with Gasteiger partial charge in [-0.1, -0.05) is 11.6 Å². The van der Waals surface area contributed by atoms with Crippen molar-refractivity contribution in [2.24, 2.45) is 0 Å².